The van der Waals surface area contributed by atoms with Crippen LogP contribution >= 0.6 is 0 Å². The summed E-state index contributed by atoms with van der Waals surface area (Å²) in [6.45, 7) is 5.31. The lowest BCUT2D eigenvalue weighted by Crippen LogP contribution is -2.29. The van der Waals surface area contributed by atoms with Gasteiger partial charge < -0.3 is 14.5 Å². The Morgan fingerprint density at radius 3 is 2.44 bits per heavy atom. The maximum Gasteiger partial charge on any atom is 0.265 e. The van der Waals surface area contributed by atoms with Gasteiger partial charge in [0.1, 0.15) is 10.6 Å². The Labute approximate surface area is 265 Å². The SMILES string of the molecule is COc1ccc(-c2cccc(C(=O)N(C)C)c2)cc1S(=O)(=O)Nc1cccc(CC2CCN(C(=O)c3cc(C)ccc3C)C2)c1. The monoisotopic (exact) mass is 625 g/mol. The number of aryl methyl sites for hydroxylation is 2. The smallest absolute Gasteiger partial charge is 0.265 e. The molecular formula is C36H39N3O5S. The molecule has 234 valence electrons. The van der Waals surface area contributed by atoms with Gasteiger partial charge in [-0.1, -0.05) is 48.0 Å². The van der Waals surface area contributed by atoms with E-state index in [1.807, 2.05) is 61.2 Å². The van der Waals surface area contributed by atoms with E-state index in [0.717, 1.165) is 35.1 Å². The number of hydrogen-bond acceptors (Lipinski definition) is 5. The molecule has 0 spiro atoms. The fourth-order valence-corrected chi connectivity index (χ4v) is 7.03. The Morgan fingerprint density at radius 1 is 0.933 bits per heavy atom. The molecular weight excluding hydrogens is 586 g/mol. The molecule has 1 fully saturated rings. The summed E-state index contributed by atoms with van der Waals surface area (Å²) in [6.07, 6.45) is 1.62. The van der Waals surface area contributed by atoms with Crippen molar-refractivity contribution in [3.8, 4) is 16.9 Å². The number of anilines is 1. The third-order valence-electron chi connectivity index (χ3n) is 8.20. The van der Waals surface area contributed by atoms with Crippen LogP contribution < -0.4 is 9.46 Å². The number of carbonyl (C=O) groups excluding carboxylic acids is 2. The lowest BCUT2D eigenvalue weighted by molar-refractivity contribution is 0.0785. The van der Waals surface area contributed by atoms with Gasteiger partial charge in [0.05, 0.1) is 7.11 Å². The summed E-state index contributed by atoms with van der Waals surface area (Å²) in [7, 11) is 0.770. The minimum absolute atomic E-state index is 0.00590. The first-order valence-corrected chi connectivity index (χ1v) is 16.4. The standard InChI is InChI=1S/C36H39N3O5S/c1-24-12-13-25(2)32(18-24)36(41)39-17-16-27(23-39)19-26-8-6-11-31(20-26)37-45(42,43)34-22-29(14-15-33(34)44-5)28-9-7-10-30(21-28)35(40)38(3)4/h6-15,18,20-22,27,37H,16-17,19,23H2,1-5H3. The van der Waals surface area contributed by atoms with Gasteiger partial charge in [-0.05, 0) is 97.3 Å². The van der Waals surface area contributed by atoms with Gasteiger partial charge in [0, 0.05) is 44.0 Å². The molecule has 0 bridgehead atoms. The first-order chi connectivity index (χ1) is 21.4. The summed E-state index contributed by atoms with van der Waals surface area (Å²) >= 11 is 0. The normalized spacial score (nSPS) is 14.7. The highest BCUT2D eigenvalue weighted by atomic mass is 32.2. The topological polar surface area (TPSA) is 96.0 Å². The molecule has 0 aliphatic carbocycles. The molecule has 1 aliphatic heterocycles. The van der Waals surface area contributed by atoms with Crippen LogP contribution in [0.1, 0.15) is 43.8 Å². The van der Waals surface area contributed by atoms with E-state index >= 15 is 0 Å². The molecule has 45 heavy (non-hydrogen) atoms. The zero-order valence-corrected chi connectivity index (χ0v) is 27.1. The van der Waals surface area contributed by atoms with Gasteiger partial charge in [-0.2, -0.15) is 0 Å². The number of likely N-dealkylation sites (tertiary alicyclic amines) is 1. The summed E-state index contributed by atoms with van der Waals surface area (Å²) in [5, 5.41) is 0. The zero-order chi connectivity index (χ0) is 32.3. The lowest BCUT2D eigenvalue weighted by Gasteiger charge is -2.18. The number of carbonyl (C=O) groups is 2. The molecule has 8 nitrogen and oxygen atoms in total. The maximum absolute atomic E-state index is 13.7. The molecule has 1 atom stereocenters. The van der Waals surface area contributed by atoms with E-state index in [2.05, 4.69) is 4.72 Å². The van der Waals surface area contributed by atoms with Crippen molar-refractivity contribution in [2.24, 2.45) is 5.92 Å². The Hall–Kier alpha value is -4.63. The van der Waals surface area contributed by atoms with Gasteiger partial charge in [0.25, 0.3) is 21.8 Å². The maximum atomic E-state index is 13.7. The van der Waals surface area contributed by atoms with Crippen molar-refractivity contribution in [1.82, 2.24) is 9.80 Å². The molecule has 1 aliphatic rings. The predicted octanol–water partition coefficient (Wildman–Crippen LogP) is 6.19. The van der Waals surface area contributed by atoms with Crippen LogP contribution in [0.4, 0.5) is 5.69 Å². The van der Waals surface area contributed by atoms with Crippen molar-refractivity contribution >= 4 is 27.5 Å². The van der Waals surface area contributed by atoms with E-state index in [0.29, 0.717) is 35.5 Å². The minimum Gasteiger partial charge on any atom is -0.495 e. The molecule has 2 amide bonds. The molecule has 0 radical (unpaired) electrons. The highest BCUT2D eigenvalue weighted by molar-refractivity contribution is 7.92. The molecule has 4 aromatic rings. The highest BCUT2D eigenvalue weighted by Crippen LogP contribution is 2.32. The lowest BCUT2D eigenvalue weighted by atomic mass is 9.98. The number of rotatable bonds is 9. The predicted molar refractivity (Wildman–Crippen MR) is 177 cm³/mol. The number of ether oxygens (including phenoxy) is 1. The van der Waals surface area contributed by atoms with Crippen LogP contribution in [0.15, 0.2) is 89.8 Å². The van der Waals surface area contributed by atoms with Crippen LogP contribution in [-0.2, 0) is 16.4 Å². The number of nitrogens with one attached hydrogen (secondary N) is 1. The number of nitrogens with zero attached hydrogens (tertiary/aromatic N) is 2. The number of benzene rings is 4. The molecule has 1 N–H and O–H groups in total. The molecule has 4 aromatic carbocycles. The largest absolute Gasteiger partial charge is 0.495 e. The van der Waals surface area contributed by atoms with Crippen molar-refractivity contribution in [3.63, 3.8) is 0 Å². The molecule has 1 heterocycles. The Balaban J connectivity index is 1.32. The minimum atomic E-state index is -4.03. The fourth-order valence-electron chi connectivity index (χ4n) is 5.78. The van der Waals surface area contributed by atoms with E-state index in [1.54, 1.807) is 56.6 Å². The summed E-state index contributed by atoms with van der Waals surface area (Å²) in [4.78, 5) is 29.1. The first kappa shape index (κ1) is 31.8. The zero-order valence-electron chi connectivity index (χ0n) is 26.3. The second-order valence-electron chi connectivity index (χ2n) is 11.9. The van der Waals surface area contributed by atoms with E-state index in [1.165, 1.54) is 12.0 Å². The second kappa shape index (κ2) is 13.2. The average Bonchev–Trinajstić information content (AvgIpc) is 3.49. The van der Waals surface area contributed by atoms with Gasteiger partial charge in [-0.15, -0.1) is 0 Å². The molecule has 0 aromatic heterocycles. The van der Waals surface area contributed by atoms with Crippen LogP contribution in [0.5, 0.6) is 5.75 Å². The van der Waals surface area contributed by atoms with Crippen LogP contribution in [0, 0.1) is 19.8 Å². The molecule has 1 saturated heterocycles. The van der Waals surface area contributed by atoms with Crippen molar-refractivity contribution in [2.45, 2.75) is 31.6 Å². The summed E-state index contributed by atoms with van der Waals surface area (Å²) < 4.78 is 35.5. The van der Waals surface area contributed by atoms with Gasteiger partial charge in [0.15, 0.2) is 0 Å². The Bertz CT molecular complexity index is 1850. The van der Waals surface area contributed by atoms with Crippen molar-refractivity contribution < 1.29 is 22.7 Å². The quantitative estimate of drug-likeness (QED) is 0.240. The van der Waals surface area contributed by atoms with Crippen molar-refractivity contribution in [3.05, 3.63) is 113 Å². The summed E-state index contributed by atoms with van der Waals surface area (Å²) in [5.74, 6) is 0.408. The summed E-state index contributed by atoms with van der Waals surface area (Å²) in [5.41, 5.74) is 6.08. The van der Waals surface area contributed by atoms with E-state index in [9.17, 15) is 18.0 Å². The Morgan fingerprint density at radius 2 is 1.69 bits per heavy atom. The van der Waals surface area contributed by atoms with E-state index in [4.69, 9.17) is 4.74 Å². The van der Waals surface area contributed by atoms with Crippen LogP contribution in [0.2, 0.25) is 0 Å². The number of methoxy groups -OCH3 is 1. The van der Waals surface area contributed by atoms with Gasteiger partial charge >= 0.3 is 0 Å². The number of amides is 2. The van der Waals surface area contributed by atoms with Gasteiger partial charge in [0.2, 0.25) is 0 Å². The second-order valence-corrected chi connectivity index (χ2v) is 13.5. The molecule has 1 unspecified atom stereocenters. The molecule has 0 saturated carbocycles. The molecule has 9 heteroatoms. The van der Waals surface area contributed by atoms with Gasteiger partial charge in [-0.3, -0.25) is 14.3 Å². The van der Waals surface area contributed by atoms with Crippen molar-refractivity contribution in [2.75, 3.05) is 39.0 Å². The highest BCUT2D eigenvalue weighted by Gasteiger charge is 2.28. The van der Waals surface area contributed by atoms with E-state index in [-0.39, 0.29) is 28.4 Å². The Kier molecular flexibility index (Phi) is 9.29. The van der Waals surface area contributed by atoms with Crippen LogP contribution in [0.25, 0.3) is 11.1 Å². The van der Waals surface area contributed by atoms with E-state index < -0.39 is 10.0 Å². The van der Waals surface area contributed by atoms with Crippen LogP contribution in [-0.4, -0.2) is 64.3 Å². The molecule has 5 rings (SSSR count). The van der Waals surface area contributed by atoms with Gasteiger partial charge in [-0.25, -0.2) is 8.42 Å². The third kappa shape index (κ3) is 7.20. The average molecular weight is 626 g/mol. The first-order valence-electron chi connectivity index (χ1n) is 14.9. The third-order valence-corrected chi connectivity index (χ3v) is 9.60. The van der Waals surface area contributed by atoms with Crippen LogP contribution in [0.3, 0.4) is 0 Å². The number of sulfonamides is 1. The fraction of sp³-hybridized carbons (Fsp3) is 0.278. The van der Waals surface area contributed by atoms with Crippen molar-refractivity contribution in [1.29, 1.82) is 0 Å². The number of hydrogen-bond donors (Lipinski definition) is 1. The summed E-state index contributed by atoms with van der Waals surface area (Å²) in [6, 6.07) is 25.4.